The fourth-order valence-corrected chi connectivity index (χ4v) is 2.61. The number of ether oxygens (including phenoxy) is 1. The van der Waals surface area contributed by atoms with Crippen molar-refractivity contribution in [1.82, 2.24) is 4.90 Å². The number of halogens is 1. The Labute approximate surface area is 101 Å². The number of hydrogen-bond acceptors (Lipinski definition) is 3. The lowest BCUT2D eigenvalue weighted by Gasteiger charge is -2.28. The first-order chi connectivity index (χ1) is 8.22. The molecule has 1 saturated heterocycles. The van der Waals surface area contributed by atoms with Crippen molar-refractivity contribution in [2.75, 3.05) is 20.1 Å². The average Bonchev–Trinajstić information content (AvgIpc) is 2.72. The van der Waals surface area contributed by atoms with E-state index in [-0.39, 0.29) is 18.0 Å². The van der Waals surface area contributed by atoms with Crippen molar-refractivity contribution >= 4 is 5.90 Å². The first kappa shape index (κ1) is 11.0. The Morgan fingerprint density at radius 3 is 2.94 bits per heavy atom. The van der Waals surface area contributed by atoms with Crippen LogP contribution in [0.15, 0.2) is 29.0 Å². The van der Waals surface area contributed by atoms with Crippen molar-refractivity contribution in [2.45, 2.75) is 25.0 Å². The summed E-state index contributed by atoms with van der Waals surface area (Å²) < 4.78 is 18.9. The Balaban J connectivity index is 1.69. The molecule has 2 heterocycles. The van der Waals surface area contributed by atoms with Gasteiger partial charge in [0.05, 0.1) is 0 Å². The van der Waals surface area contributed by atoms with Crippen LogP contribution in [0.1, 0.15) is 12.8 Å². The summed E-state index contributed by atoms with van der Waals surface area (Å²) in [5, 5.41) is 0. The van der Waals surface area contributed by atoms with E-state index >= 15 is 0 Å². The topological polar surface area (TPSA) is 24.8 Å². The van der Waals surface area contributed by atoms with E-state index in [2.05, 4.69) is 16.9 Å². The molecular formula is C13H17FN2O. The summed E-state index contributed by atoms with van der Waals surface area (Å²) in [7, 11) is 2.13. The third-order valence-corrected chi connectivity index (χ3v) is 3.71. The van der Waals surface area contributed by atoms with Crippen molar-refractivity contribution in [3.05, 3.63) is 24.1 Å². The number of likely N-dealkylation sites (tertiary alicyclic amines) is 1. The Hall–Kier alpha value is -1.16. The van der Waals surface area contributed by atoms with Gasteiger partial charge in [-0.25, -0.2) is 9.38 Å². The maximum atomic E-state index is 13.1. The lowest BCUT2D eigenvalue weighted by molar-refractivity contribution is 0.201. The zero-order chi connectivity index (χ0) is 11.8. The summed E-state index contributed by atoms with van der Waals surface area (Å²) in [5.41, 5.74) is 0. The fraction of sp³-hybridized carbons (Fsp3) is 0.615. The van der Waals surface area contributed by atoms with Gasteiger partial charge >= 0.3 is 0 Å². The molecule has 92 valence electrons. The van der Waals surface area contributed by atoms with Crippen LogP contribution in [0.3, 0.4) is 0 Å². The highest BCUT2D eigenvalue weighted by molar-refractivity contribution is 5.81. The molecule has 0 N–H and O–H groups in total. The number of hydrogen-bond donors (Lipinski definition) is 0. The lowest BCUT2D eigenvalue weighted by Crippen LogP contribution is -2.34. The largest absolute Gasteiger partial charge is 0.471 e. The highest BCUT2D eigenvalue weighted by atomic mass is 19.1. The van der Waals surface area contributed by atoms with E-state index in [0.29, 0.717) is 5.92 Å². The van der Waals surface area contributed by atoms with Crippen molar-refractivity contribution in [3.63, 3.8) is 0 Å². The Morgan fingerprint density at radius 2 is 2.18 bits per heavy atom. The van der Waals surface area contributed by atoms with E-state index in [1.807, 2.05) is 0 Å². The molecule has 4 heteroatoms. The van der Waals surface area contributed by atoms with Crippen LogP contribution in [0.5, 0.6) is 0 Å². The summed E-state index contributed by atoms with van der Waals surface area (Å²) in [6.45, 7) is 2.17. The molecule has 0 amide bonds. The zero-order valence-corrected chi connectivity index (χ0v) is 9.97. The zero-order valence-electron chi connectivity index (χ0n) is 9.97. The van der Waals surface area contributed by atoms with Crippen LogP contribution in [0.2, 0.25) is 0 Å². The highest BCUT2D eigenvalue weighted by Gasteiger charge is 2.34. The maximum absolute atomic E-state index is 13.1. The van der Waals surface area contributed by atoms with Crippen molar-refractivity contribution in [1.29, 1.82) is 0 Å². The third-order valence-electron chi connectivity index (χ3n) is 3.71. The van der Waals surface area contributed by atoms with Crippen molar-refractivity contribution < 1.29 is 9.13 Å². The van der Waals surface area contributed by atoms with Crippen molar-refractivity contribution in [3.8, 4) is 0 Å². The van der Waals surface area contributed by atoms with E-state index in [1.165, 1.54) is 12.2 Å². The minimum Gasteiger partial charge on any atom is -0.471 e. The van der Waals surface area contributed by atoms with Gasteiger partial charge in [0, 0.05) is 5.92 Å². The van der Waals surface area contributed by atoms with Gasteiger partial charge in [0.2, 0.25) is 0 Å². The normalized spacial score (nSPS) is 34.0. The molecule has 3 aliphatic rings. The van der Waals surface area contributed by atoms with Gasteiger partial charge in [-0.2, -0.15) is 0 Å². The van der Waals surface area contributed by atoms with E-state index in [4.69, 9.17) is 4.74 Å². The average molecular weight is 236 g/mol. The molecular weight excluding hydrogens is 219 g/mol. The number of aliphatic imine (C=N–C) groups is 1. The quantitative estimate of drug-likeness (QED) is 0.695. The minimum absolute atomic E-state index is 0.0100. The molecule has 2 unspecified atom stereocenters. The number of nitrogens with zero attached hydrogens (tertiary/aromatic N) is 2. The summed E-state index contributed by atoms with van der Waals surface area (Å²) >= 11 is 0. The molecule has 17 heavy (non-hydrogen) atoms. The Morgan fingerprint density at radius 1 is 1.41 bits per heavy atom. The predicted octanol–water partition coefficient (Wildman–Crippen LogP) is 1.92. The molecule has 2 atom stereocenters. The van der Waals surface area contributed by atoms with Gasteiger partial charge in [-0.15, -0.1) is 0 Å². The Bertz CT molecular complexity index is 394. The van der Waals surface area contributed by atoms with E-state index in [9.17, 15) is 4.39 Å². The molecule has 0 saturated carbocycles. The fourth-order valence-electron chi connectivity index (χ4n) is 2.61. The molecule has 2 aliphatic heterocycles. The van der Waals surface area contributed by atoms with E-state index in [0.717, 1.165) is 31.8 Å². The summed E-state index contributed by atoms with van der Waals surface area (Å²) in [6.07, 6.45) is 6.76. The minimum atomic E-state index is -0.217. The number of rotatable bonds is 1. The first-order valence-electron chi connectivity index (χ1n) is 6.21. The Kier molecular flexibility index (Phi) is 2.74. The lowest BCUT2D eigenvalue weighted by atomic mass is 9.97. The predicted molar refractivity (Wildman–Crippen MR) is 64.6 cm³/mol. The summed E-state index contributed by atoms with van der Waals surface area (Å²) in [5.74, 6) is 1.04. The van der Waals surface area contributed by atoms with Crippen molar-refractivity contribution in [2.24, 2.45) is 10.9 Å². The molecule has 1 aliphatic carbocycles. The van der Waals surface area contributed by atoms with Gasteiger partial charge in [-0.05, 0) is 45.1 Å². The van der Waals surface area contributed by atoms with Crippen LogP contribution in [-0.2, 0) is 4.74 Å². The van der Waals surface area contributed by atoms with Crippen LogP contribution in [0.25, 0.3) is 0 Å². The number of allylic oxidation sites excluding steroid dienone is 2. The van der Waals surface area contributed by atoms with E-state index < -0.39 is 0 Å². The molecule has 0 spiro atoms. The number of piperidine rings is 1. The SMILES string of the molecule is CN1CCC(C2=NC3C=CC(F)=CC3O2)CC1. The molecule has 0 aromatic carbocycles. The smallest absolute Gasteiger partial charge is 0.188 e. The molecule has 0 aromatic rings. The third kappa shape index (κ3) is 2.14. The first-order valence-corrected chi connectivity index (χ1v) is 6.21. The van der Waals surface area contributed by atoms with Gasteiger partial charge in [-0.1, -0.05) is 6.08 Å². The van der Waals surface area contributed by atoms with Gasteiger partial charge < -0.3 is 9.64 Å². The number of fused-ring (bicyclic) bond motifs is 1. The highest BCUT2D eigenvalue weighted by Crippen LogP contribution is 2.28. The molecule has 3 nitrogen and oxygen atoms in total. The van der Waals surface area contributed by atoms with Gasteiger partial charge in [-0.3, -0.25) is 0 Å². The van der Waals surface area contributed by atoms with Gasteiger partial charge in [0.1, 0.15) is 18.0 Å². The summed E-state index contributed by atoms with van der Waals surface area (Å²) in [6, 6.07) is -0.0100. The van der Waals surface area contributed by atoms with Gasteiger partial charge in [0.15, 0.2) is 5.90 Å². The van der Waals surface area contributed by atoms with E-state index in [1.54, 1.807) is 6.08 Å². The second-order valence-corrected chi connectivity index (χ2v) is 5.03. The molecule has 0 aromatic heterocycles. The molecule has 1 fully saturated rings. The second-order valence-electron chi connectivity index (χ2n) is 5.03. The molecule has 0 bridgehead atoms. The van der Waals surface area contributed by atoms with Crippen LogP contribution in [0, 0.1) is 5.92 Å². The monoisotopic (exact) mass is 236 g/mol. The van der Waals surface area contributed by atoms with Crippen LogP contribution >= 0.6 is 0 Å². The maximum Gasteiger partial charge on any atom is 0.188 e. The summed E-state index contributed by atoms with van der Waals surface area (Å²) in [4.78, 5) is 6.89. The molecule has 0 radical (unpaired) electrons. The standard InChI is InChI=1S/C13H17FN2O/c1-16-6-4-9(5-7-16)13-15-11-3-2-10(14)8-12(11)17-13/h2-3,8-9,11-12H,4-7H2,1H3. The van der Waals surface area contributed by atoms with Gasteiger partial charge in [0.25, 0.3) is 0 Å². The second kappa shape index (κ2) is 4.26. The van der Waals surface area contributed by atoms with Crippen LogP contribution in [-0.4, -0.2) is 43.1 Å². The van der Waals surface area contributed by atoms with Crippen LogP contribution in [0.4, 0.5) is 4.39 Å². The van der Waals surface area contributed by atoms with Crippen LogP contribution < -0.4 is 0 Å². The molecule has 3 rings (SSSR count).